The minimum Gasteiger partial charge on any atom is -0.465 e. The molecule has 0 radical (unpaired) electrons. The smallest absolute Gasteiger partial charge is 0.318 e. The molecule has 4 unspecified atom stereocenters. The molecule has 9 heteroatoms. The van der Waals surface area contributed by atoms with Crippen molar-refractivity contribution in [1.82, 2.24) is 0 Å². The van der Waals surface area contributed by atoms with Gasteiger partial charge in [-0.15, -0.1) is 0 Å². The molecule has 0 fully saturated rings. The number of rotatable bonds is 9. The second-order valence-corrected chi connectivity index (χ2v) is 9.35. The minimum atomic E-state index is -1.56. The van der Waals surface area contributed by atoms with Crippen LogP contribution in [0.25, 0.3) is 0 Å². The SMILES string of the molecule is CCCC(=O)OCC1(C(=O)OCC)C(C)N=C(C)C(C)(C(=O)OCC)C1c1cccc(Cl)c1Cl. The Kier molecular flexibility index (Phi) is 9.54. The molecule has 0 spiro atoms. The fourth-order valence-electron chi connectivity index (χ4n) is 4.68. The average Bonchev–Trinajstić information content (AvgIpc) is 2.78. The highest BCUT2D eigenvalue weighted by Crippen LogP contribution is 2.57. The van der Waals surface area contributed by atoms with Crippen LogP contribution in [0.2, 0.25) is 10.0 Å². The van der Waals surface area contributed by atoms with E-state index in [2.05, 4.69) is 0 Å². The van der Waals surface area contributed by atoms with Crippen LogP contribution in [-0.4, -0.2) is 49.5 Å². The second-order valence-electron chi connectivity index (χ2n) is 8.56. The van der Waals surface area contributed by atoms with Gasteiger partial charge in [-0.1, -0.05) is 42.3 Å². The lowest BCUT2D eigenvalue weighted by Gasteiger charge is -2.51. The van der Waals surface area contributed by atoms with Crippen molar-refractivity contribution in [3.05, 3.63) is 33.8 Å². The highest BCUT2D eigenvalue weighted by molar-refractivity contribution is 6.42. The number of carbonyl (C=O) groups is 3. The third-order valence-electron chi connectivity index (χ3n) is 6.55. The van der Waals surface area contributed by atoms with E-state index in [-0.39, 0.29) is 36.3 Å². The normalized spacial score (nSPS) is 26.4. The van der Waals surface area contributed by atoms with Crippen LogP contribution in [0, 0.1) is 10.8 Å². The maximum atomic E-state index is 13.7. The van der Waals surface area contributed by atoms with E-state index >= 15 is 0 Å². The summed E-state index contributed by atoms with van der Waals surface area (Å²) in [6.07, 6.45) is 0.773. The summed E-state index contributed by atoms with van der Waals surface area (Å²) in [5, 5.41) is 0.457. The van der Waals surface area contributed by atoms with Crippen molar-refractivity contribution in [2.24, 2.45) is 15.8 Å². The van der Waals surface area contributed by atoms with E-state index in [1.54, 1.807) is 52.8 Å². The maximum absolute atomic E-state index is 13.7. The lowest BCUT2D eigenvalue weighted by molar-refractivity contribution is -0.173. The van der Waals surface area contributed by atoms with Gasteiger partial charge < -0.3 is 14.2 Å². The molecule has 4 atom stereocenters. The molecule has 2 rings (SSSR count). The molecule has 0 bridgehead atoms. The number of nitrogens with zero attached hydrogens (tertiary/aromatic N) is 1. The average molecular weight is 514 g/mol. The number of hydrogen-bond donors (Lipinski definition) is 0. The van der Waals surface area contributed by atoms with Crippen molar-refractivity contribution in [2.45, 2.75) is 66.3 Å². The summed E-state index contributed by atoms with van der Waals surface area (Å²) in [5.41, 5.74) is -2.06. The predicted octanol–water partition coefficient (Wildman–Crippen LogP) is 5.40. The van der Waals surface area contributed by atoms with Crippen molar-refractivity contribution in [3.8, 4) is 0 Å². The van der Waals surface area contributed by atoms with Crippen LogP contribution < -0.4 is 0 Å². The summed E-state index contributed by atoms with van der Waals surface area (Å²) in [7, 11) is 0. The van der Waals surface area contributed by atoms with Gasteiger partial charge in [-0.05, 0) is 52.7 Å². The van der Waals surface area contributed by atoms with Crippen LogP contribution >= 0.6 is 23.2 Å². The Hall–Kier alpha value is -2.12. The monoisotopic (exact) mass is 513 g/mol. The summed E-state index contributed by atoms with van der Waals surface area (Å²) in [4.78, 5) is 44.3. The molecule has 0 aromatic heterocycles. The molecule has 0 saturated heterocycles. The summed E-state index contributed by atoms with van der Waals surface area (Å²) >= 11 is 13.0. The molecular weight excluding hydrogens is 481 g/mol. The fraction of sp³-hybridized carbons (Fsp3) is 0.600. The van der Waals surface area contributed by atoms with Gasteiger partial charge in [-0.25, -0.2) is 0 Å². The number of ether oxygens (including phenoxy) is 3. The fourth-order valence-corrected chi connectivity index (χ4v) is 5.09. The van der Waals surface area contributed by atoms with Crippen molar-refractivity contribution in [1.29, 1.82) is 0 Å². The first-order valence-corrected chi connectivity index (χ1v) is 12.3. The Labute approximate surface area is 211 Å². The molecule has 1 aliphatic rings. The van der Waals surface area contributed by atoms with Gasteiger partial charge in [-0.3, -0.25) is 19.4 Å². The molecule has 0 amide bonds. The zero-order chi connectivity index (χ0) is 25.7. The predicted molar refractivity (Wildman–Crippen MR) is 131 cm³/mol. The molecule has 7 nitrogen and oxygen atoms in total. The first-order chi connectivity index (χ1) is 16.0. The van der Waals surface area contributed by atoms with Crippen LogP contribution in [0.1, 0.15) is 65.9 Å². The zero-order valence-corrected chi connectivity index (χ0v) is 22.1. The van der Waals surface area contributed by atoms with Gasteiger partial charge in [0.1, 0.15) is 17.4 Å². The highest BCUT2D eigenvalue weighted by Gasteiger charge is 2.65. The van der Waals surface area contributed by atoms with E-state index in [4.69, 9.17) is 42.4 Å². The molecule has 1 heterocycles. The van der Waals surface area contributed by atoms with Gasteiger partial charge in [0.05, 0.1) is 29.3 Å². The van der Waals surface area contributed by atoms with Crippen molar-refractivity contribution in [2.75, 3.05) is 19.8 Å². The van der Waals surface area contributed by atoms with Crippen molar-refractivity contribution >= 4 is 46.8 Å². The third-order valence-corrected chi connectivity index (χ3v) is 7.38. The molecule has 188 valence electrons. The number of aliphatic imine (C=N–C) groups is 1. The van der Waals surface area contributed by atoms with E-state index < -0.39 is 40.7 Å². The van der Waals surface area contributed by atoms with Gasteiger partial charge in [0.25, 0.3) is 0 Å². The lowest BCUT2D eigenvalue weighted by Crippen LogP contribution is -2.61. The van der Waals surface area contributed by atoms with Crippen LogP contribution in [0.5, 0.6) is 0 Å². The Morgan fingerprint density at radius 2 is 1.65 bits per heavy atom. The van der Waals surface area contributed by atoms with Gasteiger partial charge in [0.15, 0.2) is 0 Å². The molecule has 0 aliphatic carbocycles. The van der Waals surface area contributed by atoms with Crippen LogP contribution in [0.4, 0.5) is 0 Å². The lowest BCUT2D eigenvalue weighted by atomic mass is 9.54. The first-order valence-electron chi connectivity index (χ1n) is 11.5. The van der Waals surface area contributed by atoms with Gasteiger partial charge in [0, 0.05) is 18.1 Å². The quantitative estimate of drug-likeness (QED) is 0.324. The molecule has 1 aromatic rings. The Morgan fingerprint density at radius 1 is 1.03 bits per heavy atom. The largest absolute Gasteiger partial charge is 0.465 e. The maximum Gasteiger partial charge on any atom is 0.318 e. The standard InChI is InChI=1S/C25H33Cl2NO6/c1-7-11-19(29)34-14-25(23(31)33-9-3)16(5)28-15(4)24(6,22(30)32-8-2)21(25)17-12-10-13-18(26)20(17)27/h10,12-13,16,21H,7-9,11,14H2,1-6H3. The van der Waals surface area contributed by atoms with Gasteiger partial charge >= 0.3 is 17.9 Å². The molecule has 34 heavy (non-hydrogen) atoms. The van der Waals surface area contributed by atoms with E-state index in [1.165, 1.54) is 0 Å². The molecule has 1 aliphatic heterocycles. The van der Waals surface area contributed by atoms with Crippen molar-refractivity contribution in [3.63, 3.8) is 0 Å². The molecule has 0 saturated carbocycles. The first kappa shape index (κ1) is 28.1. The topological polar surface area (TPSA) is 91.3 Å². The van der Waals surface area contributed by atoms with Crippen LogP contribution in [0.3, 0.4) is 0 Å². The molecule has 1 aromatic carbocycles. The van der Waals surface area contributed by atoms with Crippen LogP contribution in [0.15, 0.2) is 23.2 Å². The van der Waals surface area contributed by atoms with Crippen LogP contribution in [-0.2, 0) is 28.6 Å². The summed E-state index contributed by atoms with van der Waals surface area (Å²) < 4.78 is 16.6. The number of esters is 3. The third kappa shape index (κ3) is 4.96. The van der Waals surface area contributed by atoms with E-state index in [9.17, 15) is 14.4 Å². The number of halogens is 2. The Balaban J connectivity index is 2.91. The molecular formula is C25H33Cl2NO6. The van der Waals surface area contributed by atoms with Crippen molar-refractivity contribution < 1.29 is 28.6 Å². The second kappa shape index (κ2) is 11.5. The highest BCUT2D eigenvalue weighted by atomic mass is 35.5. The van der Waals surface area contributed by atoms with E-state index in [1.807, 2.05) is 6.92 Å². The van der Waals surface area contributed by atoms with E-state index in [0.717, 1.165) is 0 Å². The summed E-state index contributed by atoms with van der Waals surface area (Å²) in [6, 6.07) is 4.32. The summed E-state index contributed by atoms with van der Waals surface area (Å²) in [5.74, 6) is -2.61. The molecule has 0 N–H and O–H groups in total. The van der Waals surface area contributed by atoms with Gasteiger partial charge in [0.2, 0.25) is 0 Å². The Bertz CT molecular complexity index is 965. The van der Waals surface area contributed by atoms with Gasteiger partial charge in [-0.2, -0.15) is 0 Å². The zero-order valence-electron chi connectivity index (χ0n) is 20.6. The Morgan fingerprint density at radius 3 is 2.24 bits per heavy atom. The summed E-state index contributed by atoms with van der Waals surface area (Å²) in [6.45, 7) is 10.2. The number of benzene rings is 1. The van der Waals surface area contributed by atoms with E-state index in [0.29, 0.717) is 17.7 Å². The number of hydrogen-bond acceptors (Lipinski definition) is 7. The number of carbonyl (C=O) groups excluding carboxylic acids is 3. The minimum absolute atomic E-state index is 0.0883.